The molecule has 1 unspecified atom stereocenters. The predicted molar refractivity (Wildman–Crippen MR) is 128 cm³/mol. The number of fused-ring (bicyclic) bond motifs is 1. The van der Waals surface area contributed by atoms with Crippen molar-refractivity contribution in [3.05, 3.63) is 102 Å². The SMILES string of the molecule is CC(C)(C)c1ccc(C(Nc2ccccc2)C(=O)Nc2ccc3cnccc3c2)cc1. The Bertz CT molecular complexity index is 1180. The van der Waals surface area contributed by atoms with Gasteiger partial charge in [-0.05, 0) is 52.3 Å². The first-order valence-electron chi connectivity index (χ1n) is 10.5. The first kappa shape index (κ1) is 20.6. The van der Waals surface area contributed by atoms with Gasteiger partial charge in [0, 0.05) is 29.2 Å². The van der Waals surface area contributed by atoms with Gasteiger partial charge in [-0.15, -0.1) is 0 Å². The minimum absolute atomic E-state index is 0.0586. The van der Waals surface area contributed by atoms with Crippen molar-refractivity contribution in [3.63, 3.8) is 0 Å². The fourth-order valence-electron chi connectivity index (χ4n) is 3.55. The third-order valence-electron chi connectivity index (χ3n) is 5.37. The number of benzene rings is 3. The third-order valence-corrected chi connectivity index (χ3v) is 5.37. The van der Waals surface area contributed by atoms with Crippen LogP contribution in [0.25, 0.3) is 10.8 Å². The van der Waals surface area contributed by atoms with E-state index >= 15 is 0 Å². The average molecular weight is 410 g/mol. The highest BCUT2D eigenvalue weighted by Crippen LogP contribution is 2.27. The molecule has 4 rings (SSSR count). The maximum absolute atomic E-state index is 13.3. The molecule has 1 amide bonds. The number of hydrogen-bond donors (Lipinski definition) is 2. The summed E-state index contributed by atoms with van der Waals surface area (Å²) in [7, 11) is 0. The summed E-state index contributed by atoms with van der Waals surface area (Å²) in [5.41, 5.74) is 3.86. The van der Waals surface area contributed by atoms with Crippen molar-refractivity contribution in [3.8, 4) is 0 Å². The highest BCUT2D eigenvalue weighted by Gasteiger charge is 2.22. The monoisotopic (exact) mass is 409 g/mol. The Morgan fingerprint density at radius 3 is 2.29 bits per heavy atom. The molecule has 0 radical (unpaired) electrons. The molecule has 4 aromatic rings. The van der Waals surface area contributed by atoms with E-state index < -0.39 is 6.04 Å². The molecule has 0 aliphatic carbocycles. The van der Waals surface area contributed by atoms with Gasteiger partial charge in [0.15, 0.2) is 0 Å². The summed E-state index contributed by atoms with van der Waals surface area (Å²) in [6.07, 6.45) is 3.57. The second-order valence-corrected chi connectivity index (χ2v) is 8.74. The van der Waals surface area contributed by atoms with Gasteiger partial charge in [0.25, 0.3) is 5.91 Å². The van der Waals surface area contributed by atoms with Crippen LogP contribution in [0, 0.1) is 0 Å². The molecule has 156 valence electrons. The lowest BCUT2D eigenvalue weighted by atomic mass is 9.86. The quantitative estimate of drug-likeness (QED) is 0.405. The molecule has 4 heteroatoms. The normalized spacial score (nSPS) is 12.4. The van der Waals surface area contributed by atoms with Crippen molar-refractivity contribution in [1.29, 1.82) is 0 Å². The van der Waals surface area contributed by atoms with Crippen LogP contribution in [-0.4, -0.2) is 10.9 Å². The van der Waals surface area contributed by atoms with E-state index in [0.717, 1.165) is 27.7 Å². The van der Waals surface area contributed by atoms with Crippen LogP contribution < -0.4 is 10.6 Å². The summed E-state index contributed by atoms with van der Waals surface area (Å²) in [5.74, 6) is -0.110. The highest BCUT2D eigenvalue weighted by atomic mass is 16.2. The molecule has 1 atom stereocenters. The summed E-state index contributed by atoms with van der Waals surface area (Å²) >= 11 is 0. The summed E-state index contributed by atoms with van der Waals surface area (Å²) in [6, 6.07) is 25.3. The van der Waals surface area contributed by atoms with Crippen molar-refractivity contribution >= 4 is 28.1 Å². The first-order valence-corrected chi connectivity index (χ1v) is 10.5. The molecule has 0 spiro atoms. The van der Waals surface area contributed by atoms with Crippen molar-refractivity contribution in [2.75, 3.05) is 10.6 Å². The van der Waals surface area contributed by atoms with E-state index in [1.165, 1.54) is 5.56 Å². The maximum Gasteiger partial charge on any atom is 0.251 e. The summed E-state index contributed by atoms with van der Waals surface area (Å²) < 4.78 is 0. The largest absolute Gasteiger partial charge is 0.370 e. The average Bonchev–Trinajstić information content (AvgIpc) is 2.77. The van der Waals surface area contributed by atoms with Gasteiger partial charge in [-0.2, -0.15) is 0 Å². The Morgan fingerprint density at radius 2 is 1.58 bits per heavy atom. The second-order valence-electron chi connectivity index (χ2n) is 8.74. The summed E-state index contributed by atoms with van der Waals surface area (Å²) in [5, 5.41) is 8.54. The molecule has 1 aromatic heterocycles. The lowest BCUT2D eigenvalue weighted by molar-refractivity contribution is -0.117. The Labute approximate surface area is 183 Å². The minimum atomic E-state index is -0.524. The molecule has 0 saturated carbocycles. The molecule has 3 aromatic carbocycles. The van der Waals surface area contributed by atoms with Crippen LogP contribution in [0.4, 0.5) is 11.4 Å². The second kappa shape index (κ2) is 8.60. The molecule has 0 bridgehead atoms. The van der Waals surface area contributed by atoms with Crippen LogP contribution >= 0.6 is 0 Å². The first-order chi connectivity index (χ1) is 14.9. The van der Waals surface area contributed by atoms with E-state index in [1.807, 2.05) is 72.9 Å². The molecule has 0 aliphatic rings. The standard InChI is InChI=1S/C27H27N3O/c1-27(2,3)22-12-9-19(10-13-22)25(29-23-7-5-4-6-8-23)26(31)30-24-14-11-21-18-28-16-15-20(21)17-24/h4-18,25,29H,1-3H3,(H,30,31). The van der Waals surface area contributed by atoms with Gasteiger partial charge in [-0.25, -0.2) is 0 Å². The number of pyridine rings is 1. The van der Waals surface area contributed by atoms with Crippen LogP contribution in [0.1, 0.15) is 37.9 Å². The number of aromatic nitrogens is 1. The molecule has 1 heterocycles. The minimum Gasteiger partial charge on any atom is -0.370 e. The van der Waals surface area contributed by atoms with Crippen LogP contribution in [0.3, 0.4) is 0 Å². The number of anilines is 2. The molecule has 0 fully saturated rings. The summed E-state index contributed by atoms with van der Waals surface area (Å²) in [6.45, 7) is 6.55. The fourth-order valence-corrected chi connectivity index (χ4v) is 3.55. The Kier molecular flexibility index (Phi) is 5.72. The lowest BCUT2D eigenvalue weighted by Gasteiger charge is -2.23. The van der Waals surface area contributed by atoms with Crippen molar-refractivity contribution in [2.45, 2.75) is 32.2 Å². The molecular formula is C27H27N3O. The Balaban J connectivity index is 1.63. The number of hydrogen-bond acceptors (Lipinski definition) is 3. The summed E-state index contributed by atoms with van der Waals surface area (Å²) in [4.78, 5) is 17.5. The number of nitrogens with one attached hydrogen (secondary N) is 2. The zero-order valence-electron chi connectivity index (χ0n) is 18.1. The van der Waals surface area contributed by atoms with Crippen molar-refractivity contribution in [2.24, 2.45) is 0 Å². The lowest BCUT2D eigenvalue weighted by Crippen LogP contribution is -2.27. The van der Waals surface area contributed by atoms with Gasteiger partial charge in [0.05, 0.1) is 0 Å². The number of carbonyl (C=O) groups excluding carboxylic acids is 1. The number of amides is 1. The molecule has 2 N–H and O–H groups in total. The molecular weight excluding hydrogens is 382 g/mol. The van der Waals surface area contributed by atoms with E-state index in [9.17, 15) is 4.79 Å². The molecule has 31 heavy (non-hydrogen) atoms. The van der Waals surface area contributed by atoms with Crippen molar-refractivity contribution < 1.29 is 4.79 Å². The van der Waals surface area contributed by atoms with Gasteiger partial charge in [0.2, 0.25) is 0 Å². The van der Waals surface area contributed by atoms with Gasteiger partial charge in [-0.3, -0.25) is 9.78 Å². The van der Waals surface area contributed by atoms with Gasteiger partial charge in [-0.1, -0.05) is 69.3 Å². The Morgan fingerprint density at radius 1 is 0.839 bits per heavy atom. The Hall–Kier alpha value is -3.66. The fraction of sp³-hybridized carbons (Fsp3) is 0.185. The van der Waals surface area contributed by atoms with E-state index in [1.54, 1.807) is 6.20 Å². The maximum atomic E-state index is 13.3. The topological polar surface area (TPSA) is 54.0 Å². The van der Waals surface area contributed by atoms with Gasteiger partial charge < -0.3 is 10.6 Å². The van der Waals surface area contributed by atoms with Crippen LogP contribution in [-0.2, 0) is 10.2 Å². The number of nitrogens with zero attached hydrogens (tertiary/aromatic N) is 1. The van der Waals surface area contributed by atoms with E-state index in [-0.39, 0.29) is 11.3 Å². The number of para-hydroxylation sites is 1. The molecule has 4 nitrogen and oxygen atoms in total. The van der Waals surface area contributed by atoms with E-state index in [2.05, 4.69) is 48.5 Å². The molecule has 0 aliphatic heterocycles. The number of carbonyl (C=O) groups is 1. The smallest absolute Gasteiger partial charge is 0.251 e. The van der Waals surface area contributed by atoms with Crippen LogP contribution in [0.2, 0.25) is 0 Å². The van der Waals surface area contributed by atoms with E-state index in [4.69, 9.17) is 0 Å². The van der Waals surface area contributed by atoms with Crippen LogP contribution in [0.5, 0.6) is 0 Å². The van der Waals surface area contributed by atoms with E-state index in [0.29, 0.717) is 0 Å². The predicted octanol–water partition coefficient (Wildman–Crippen LogP) is 6.32. The van der Waals surface area contributed by atoms with Crippen LogP contribution in [0.15, 0.2) is 91.3 Å². The number of rotatable bonds is 5. The van der Waals surface area contributed by atoms with Crippen molar-refractivity contribution in [1.82, 2.24) is 4.98 Å². The van der Waals surface area contributed by atoms with Gasteiger partial charge in [0.1, 0.15) is 6.04 Å². The third kappa shape index (κ3) is 4.92. The highest BCUT2D eigenvalue weighted by molar-refractivity contribution is 5.99. The van der Waals surface area contributed by atoms with Gasteiger partial charge >= 0.3 is 0 Å². The zero-order valence-corrected chi connectivity index (χ0v) is 18.1. The zero-order chi connectivity index (χ0) is 21.8. The molecule has 0 saturated heterocycles.